The molecule has 2 aromatic carbocycles. The molecular weight excluding hydrogens is 350 g/mol. The van der Waals surface area contributed by atoms with E-state index in [1.807, 2.05) is 36.4 Å². The fraction of sp³-hybridized carbons (Fsp3) is 0.304. The third-order valence-corrected chi connectivity index (χ3v) is 5.99. The van der Waals surface area contributed by atoms with E-state index in [1.54, 1.807) is 4.90 Å². The van der Waals surface area contributed by atoms with Crippen LogP contribution in [-0.2, 0) is 16.0 Å². The molecule has 0 spiro atoms. The normalized spacial score (nSPS) is 21.7. The third kappa shape index (κ3) is 2.87. The highest BCUT2D eigenvalue weighted by Crippen LogP contribution is 2.35. The molecule has 0 unspecified atom stereocenters. The number of carbonyl (C=O) groups excluding carboxylic acids is 2. The summed E-state index contributed by atoms with van der Waals surface area (Å²) in [6.07, 6.45) is 3.29. The number of nitrogens with one attached hydrogen (secondary N) is 2. The third-order valence-electron chi connectivity index (χ3n) is 5.99. The molecule has 2 N–H and O–H groups in total. The zero-order chi connectivity index (χ0) is 19.1. The number of aryl methyl sites for hydroxylation is 1. The summed E-state index contributed by atoms with van der Waals surface area (Å²) in [5, 5.41) is 4.47. The molecule has 3 aromatic rings. The maximum Gasteiger partial charge on any atom is 0.227 e. The minimum Gasteiger partial charge on any atom is -0.356 e. The van der Waals surface area contributed by atoms with Crippen LogP contribution in [0.1, 0.15) is 36.6 Å². The van der Waals surface area contributed by atoms with Gasteiger partial charge in [0.1, 0.15) is 0 Å². The summed E-state index contributed by atoms with van der Waals surface area (Å²) in [5.41, 5.74) is 4.43. The van der Waals surface area contributed by atoms with E-state index in [-0.39, 0.29) is 30.2 Å². The van der Waals surface area contributed by atoms with Gasteiger partial charge in [0.25, 0.3) is 0 Å². The fourth-order valence-corrected chi connectivity index (χ4v) is 4.59. The van der Waals surface area contributed by atoms with Crippen molar-refractivity contribution in [2.24, 2.45) is 5.92 Å². The van der Waals surface area contributed by atoms with Gasteiger partial charge >= 0.3 is 0 Å². The predicted molar refractivity (Wildman–Crippen MR) is 109 cm³/mol. The number of para-hydroxylation sites is 2. The van der Waals surface area contributed by atoms with Crippen LogP contribution in [0.3, 0.4) is 0 Å². The monoisotopic (exact) mass is 373 g/mol. The largest absolute Gasteiger partial charge is 0.356 e. The van der Waals surface area contributed by atoms with Crippen molar-refractivity contribution in [3.63, 3.8) is 0 Å². The minimum absolute atomic E-state index is 0.00970. The Morgan fingerprint density at radius 3 is 2.71 bits per heavy atom. The number of rotatable bonds is 3. The molecule has 1 aromatic heterocycles. The highest BCUT2D eigenvalue weighted by molar-refractivity contribution is 6.00. The lowest BCUT2D eigenvalue weighted by Gasteiger charge is -2.25. The number of amides is 2. The average molecular weight is 373 g/mol. The first-order valence-electron chi connectivity index (χ1n) is 9.96. The van der Waals surface area contributed by atoms with E-state index in [0.717, 1.165) is 36.2 Å². The van der Waals surface area contributed by atoms with Gasteiger partial charge in [-0.05, 0) is 43.0 Å². The molecule has 2 atom stereocenters. The molecule has 142 valence electrons. The average Bonchev–Trinajstić information content (AvgIpc) is 3.30. The molecule has 1 aliphatic carbocycles. The van der Waals surface area contributed by atoms with Gasteiger partial charge < -0.3 is 15.2 Å². The summed E-state index contributed by atoms with van der Waals surface area (Å²) in [6.45, 7) is 0.445. The molecule has 2 aliphatic rings. The molecule has 0 radical (unpaired) electrons. The van der Waals surface area contributed by atoms with E-state index < -0.39 is 0 Å². The molecule has 1 fully saturated rings. The highest BCUT2D eigenvalue weighted by Gasteiger charge is 2.36. The highest BCUT2D eigenvalue weighted by atomic mass is 16.2. The van der Waals surface area contributed by atoms with E-state index in [1.165, 1.54) is 10.9 Å². The Bertz CT molecular complexity index is 1040. The van der Waals surface area contributed by atoms with Crippen molar-refractivity contribution in [2.75, 3.05) is 11.4 Å². The number of hydrogen-bond donors (Lipinski definition) is 2. The van der Waals surface area contributed by atoms with Crippen LogP contribution >= 0.6 is 0 Å². The summed E-state index contributed by atoms with van der Waals surface area (Å²) in [4.78, 5) is 30.6. The first-order valence-corrected chi connectivity index (χ1v) is 9.96. The maximum absolute atomic E-state index is 13.0. The van der Waals surface area contributed by atoms with Gasteiger partial charge in [0.2, 0.25) is 11.8 Å². The molecule has 5 heteroatoms. The molecule has 0 bridgehead atoms. The topological polar surface area (TPSA) is 65.2 Å². The number of hydrogen-bond acceptors (Lipinski definition) is 2. The summed E-state index contributed by atoms with van der Waals surface area (Å²) in [7, 11) is 0. The van der Waals surface area contributed by atoms with Crippen molar-refractivity contribution in [2.45, 2.75) is 31.7 Å². The van der Waals surface area contributed by atoms with E-state index in [0.29, 0.717) is 6.54 Å². The molecule has 2 heterocycles. The number of anilines is 1. The van der Waals surface area contributed by atoms with Crippen molar-refractivity contribution < 1.29 is 9.59 Å². The van der Waals surface area contributed by atoms with Crippen molar-refractivity contribution >= 4 is 28.4 Å². The lowest BCUT2D eigenvalue weighted by molar-refractivity contribution is -0.127. The first kappa shape index (κ1) is 17.0. The van der Waals surface area contributed by atoms with Gasteiger partial charge in [0.15, 0.2) is 0 Å². The van der Waals surface area contributed by atoms with E-state index >= 15 is 0 Å². The molecule has 28 heavy (non-hydrogen) atoms. The second-order valence-electron chi connectivity index (χ2n) is 7.76. The lowest BCUT2D eigenvalue weighted by atomic mass is 9.91. The Kier molecular flexibility index (Phi) is 4.15. The molecule has 5 rings (SSSR count). The Labute approximate surface area is 163 Å². The second kappa shape index (κ2) is 6.82. The minimum atomic E-state index is -0.303. The van der Waals surface area contributed by atoms with Crippen LogP contribution in [0.4, 0.5) is 5.69 Å². The smallest absolute Gasteiger partial charge is 0.227 e. The van der Waals surface area contributed by atoms with Crippen LogP contribution < -0.4 is 10.2 Å². The van der Waals surface area contributed by atoms with Crippen LogP contribution in [0, 0.1) is 5.92 Å². The van der Waals surface area contributed by atoms with Gasteiger partial charge in [-0.2, -0.15) is 0 Å². The van der Waals surface area contributed by atoms with Crippen LogP contribution in [-0.4, -0.2) is 23.3 Å². The number of carbonyl (C=O) groups is 2. The molecule has 1 saturated heterocycles. The number of aromatic amines is 1. The number of fused-ring (bicyclic) bond motifs is 3. The molecular formula is C23H23N3O2. The number of aromatic nitrogens is 1. The standard InChI is InChI=1S/C23H23N3O2/c27-21-13-15(14-26(21)16-7-2-1-3-8-16)23(28)25-20-12-6-10-18-17-9-4-5-11-19(17)24-22(18)20/h1-5,7-9,11,15,20,24H,6,10,12-14H2,(H,25,28)/t15-,20+/m1/s1. The Morgan fingerprint density at radius 2 is 1.86 bits per heavy atom. The second-order valence-corrected chi connectivity index (χ2v) is 7.76. The predicted octanol–water partition coefficient (Wildman–Crippen LogP) is 3.71. The van der Waals surface area contributed by atoms with Gasteiger partial charge in [-0.25, -0.2) is 0 Å². The lowest BCUT2D eigenvalue weighted by Crippen LogP contribution is -2.37. The van der Waals surface area contributed by atoms with E-state index in [9.17, 15) is 9.59 Å². The van der Waals surface area contributed by atoms with Crippen LogP contribution in [0.5, 0.6) is 0 Å². The van der Waals surface area contributed by atoms with Crippen LogP contribution in [0.2, 0.25) is 0 Å². The van der Waals surface area contributed by atoms with Gasteiger partial charge in [-0.3, -0.25) is 9.59 Å². The van der Waals surface area contributed by atoms with E-state index in [2.05, 4.69) is 28.5 Å². The Morgan fingerprint density at radius 1 is 1.07 bits per heavy atom. The van der Waals surface area contributed by atoms with Gasteiger partial charge in [0.05, 0.1) is 12.0 Å². The van der Waals surface area contributed by atoms with Gasteiger partial charge in [0, 0.05) is 35.2 Å². The Hall–Kier alpha value is -3.08. The van der Waals surface area contributed by atoms with Crippen molar-refractivity contribution in [1.29, 1.82) is 0 Å². The molecule has 0 saturated carbocycles. The van der Waals surface area contributed by atoms with E-state index in [4.69, 9.17) is 0 Å². The first-order chi connectivity index (χ1) is 13.7. The number of H-pyrrole nitrogens is 1. The van der Waals surface area contributed by atoms with Crippen LogP contribution in [0.15, 0.2) is 54.6 Å². The van der Waals surface area contributed by atoms with Crippen molar-refractivity contribution in [3.8, 4) is 0 Å². The SMILES string of the molecule is O=C(N[C@H]1CCCc2c1[nH]c1ccccc21)[C@@H]1CC(=O)N(c2ccccc2)C1. The summed E-state index contributed by atoms with van der Waals surface area (Å²) < 4.78 is 0. The maximum atomic E-state index is 13.0. The quantitative estimate of drug-likeness (QED) is 0.735. The molecule has 1 aliphatic heterocycles. The number of nitrogens with zero attached hydrogens (tertiary/aromatic N) is 1. The fourth-order valence-electron chi connectivity index (χ4n) is 4.59. The van der Waals surface area contributed by atoms with Crippen molar-refractivity contribution in [1.82, 2.24) is 10.3 Å². The zero-order valence-corrected chi connectivity index (χ0v) is 15.7. The Balaban J connectivity index is 1.34. The number of benzene rings is 2. The van der Waals surface area contributed by atoms with Gasteiger partial charge in [-0.15, -0.1) is 0 Å². The molecule has 5 nitrogen and oxygen atoms in total. The van der Waals surface area contributed by atoms with Crippen molar-refractivity contribution in [3.05, 3.63) is 65.9 Å². The molecule has 2 amide bonds. The summed E-state index contributed by atoms with van der Waals surface area (Å²) in [5.74, 6) is -0.313. The summed E-state index contributed by atoms with van der Waals surface area (Å²) in [6, 6.07) is 17.9. The van der Waals surface area contributed by atoms with Crippen LogP contribution in [0.25, 0.3) is 10.9 Å². The zero-order valence-electron chi connectivity index (χ0n) is 15.7. The van der Waals surface area contributed by atoms with Gasteiger partial charge in [-0.1, -0.05) is 36.4 Å². The summed E-state index contributed by atoms with van der Waals surface area (Å²) >= 11 is 0.